The van der Waals surface area contributed by atoms with Gasteiger partial charge < -0.3 is 5.01 Å². The molecule has 0 fully saturated rings. The Morgan fingerprint density at radius 3 is 2.50 bits per heavy atom. The van der Waals surface area contributed by atoms with Crippen LogP contribution in [0, 0.1) is 0 Å². The number of pyridine rings is 1. The fraction of sp³-hybridized carbons (Fsp3) is 0.333. The Labute approximate surface area is 72.9 Å². The van der Waals surface area contributed by atoms with Gasteiger partial charge in [-0.15, -0.1) is 0 Å². The van der Waals surface area contributed by atoms with Gasteiger partial charge in [-0.1, -0.05) is 6.07 Å². The molecule has 0 atom stereocenters. The molecule has 1 aromatic rings. The number of hydrogen-bond acceptors (Lipinski definition) is 2. The summed E-state index contributed by atoms with van der Waals surface area (Å²) in [7, 11) is 3.82. The third-order valence-electron chi connectivity index (χ3n) is 1.38. The van der Waals surface area contributed by atoms with Crippen molar-refractivity contribution in [2.75, 3.05) is 14.1 Å². The molecule has 0 aliphatic carbocycles. The van der Waals surface area contributed by atoms with E-state index in [-0.39, 0.29) is 0 Å². The molecule has 0 amide bonds. The highest BCUT2D eigenvalue weighted by molar-refractivity contribution is 5.54. The summed E-state index contributed by atoms with van der Waals surface area (Å²) in [6, 6.07) is 6.01. The summed E-state index contributed by atoms with van der Waals surface area (Å²) < 4.78 is 2.06. The standard InChI is InChI=1S/C9H14N3/c1-11(2)10-6-9-12-7-4-3-5-8-12/h3-8H,9H2,1-2H3/q+1/b10-6+. The molecule has 0 saturated heterocycles. The quantitative estimate of drug-likeness (QED) is 0.362. The molecule has 0 aliphatic rings. The molecule has 1 rings (SSSR count). The van der Waals surface area contributed by atoms with Crippen molar-refractivity contribution < 1.29 is 4.57 Å². The molecule has 0 N–H and O–H groups in total. The minimum atomic E-state index is 0.818. The van der Waals surface area contributed by atoms with E-state index >= 15 is 0 Å². The van der Waals surface area contributed by atoms with Crippen LogP contribution in [0.1, 0.15) is 0 Å². The zero-order chi connectivity index (χ0) is 8.81. The summed E-state index contributed by atoms with van der Waals surface area (Å²) in [5.41, 5.74) is 0. The zero-order valence-corrected chi connectivity index (χ0v) is 7.51. The van der Waals surface area contributed by atoms with Gasteiger partial charge in [0.2, 0.25) is 0 Å². The normalized spacial score (nSPS) is 10.5. The Bertz CT molecular complexity index is 241. The highest BCUT2D eigenvalue weighted by atomic mass is 15.4. The van der Waals surface area contributed by atoms with E-state index in [0.717, 1.165) is 6.54 Å². The fourth-order valence-corrected chi connectivity index (χ4v) is 0.850. The zero-order valence-electron chi connectivity index (χ0n) is 7.51. The number of nitrogens with zero attached hydrogens (tertiary/aromatic N) is 3. The van der Waals surface area contributed by atoms with E-state index in [1.165, 1.54) is 0 Å². The Kier molecular flexibility index (Phi) is 3.26. The predicted molar refractivity (Wildman–Crippen MR) is 48.8 cm³/mol. The molecule has 0 aliphatic heterocycles. The van der Waals surface area contributed by atoms with E-state index in [4.69, 9.17) is 0 Å². The van der Waals surface area contributed by atoms with Gasteiger partial charge in [-0.2, -0.15) is 9.67 Å². The second kappa shape index (κ2) is 4.49. The molecular formula is C9H14N3+. The van der Waals surface area contributed by atoms with Crippen LogP contribution in [0.25, 0.3) is 0 Å². The van der Waals surface area contributed by atoms with Crippen molar-refractivity contribution >= 4 is 6.21 Å². The molecule has 1 heterocycles. The van der Waals surface area contributed by atoms with Crippen molar-refractivity contribution in [1.29, 1.82) is 0 Å². The molecule has 3 nitrogen and oxygen atoms in total. The van der Waals surface area contributed by atoms with Gasteiger partial charge in [-0.25, -0.2) is 0 Å². The minimum absolute atomic E-state index is 0.818. The summed E-state index contributed by atoms with van der Waals surface area (Å²) in [5.74, 6) is 0. The van der Waals surface area contributed by atoms with Gasteiger partial charge in [-0.3, -0.25) is 0 Å². The second-order valence-electron chi connectivity index (χ2n) is 2.72. The van der Waals surface area contributed by atoms with Crippen molar-refractivity contribution in [1.82, 2.24) is 5.01 Å². The predicted octanol–water partition coefficient (Wildman–Crippen LogP) is 0.521. The van der Waals surface area contributed by atoms with Gasteiger partial charge in [0.25, 0.3) is 0 Å². The third kappa shape index (κ3) is 3.14. The van der Waals surface area contributed by atoms with Gasteiger partial charge >= 0.3 is 0 Å². The lowest BCUT2D eigenvalue weighted by Gasteiger charge is -2.00. The lowest BCUT2D eigenvalue weighted by Crippen LogP contribution is -2.33. The summed E-state index contributed by atoms with van der Waals surface area (Å²) >= 11 is 0. The smallest absolute Gasteiger partial charge is 0.185 e. The van der Waals surface area contributed by atoms with Crippen LogP contribution in [-0.4, -0.2) is 25.3 Å². The van der Waals surface area contributed by atoms with E-state index in [9.17, 15) is 0 Å². The third-order valence-corrected chi connectivity index (χ3v) is 1.38. The lowest BCUT2D eigenvalue weighted by atomic mass is 10.5. The van der Waals surface area contributed by atoms with Crippen LogP contribution >= 0.6 is 0 Å². The molecule has 0 spiro atoms. The Hall–Kier alpha value is -1.38. The Balaban J connectivity index is 2.43. The van der Waals surface area contributed by atoms with Crippen LogP contribution in [0.2, 0.25) is 0 Å². The van der Waals surface area contributed by atoms with Crippen LogP contribution in [0.3, 0.4) is 0 Å². The van der Waals surface area contributed by atoms with E-state index in [1.807, 2.05) is 50.9 Å². The monoisotopic (exact) mass is 164 g/mol. The van der Waals surface area contributed by atoms with Crippen molar-refractivity contribution in [2.24, 2.45) is 5.10 Å². The van der Waals surface area contributed by atoms with Gasteiger partial charge in [0.05, 0.1) is 6.21 Å². The van der Waals surface area contributed by atoms with Crippen LogP contribution in [0.15, 0.2) is 35.7 Å². The van der Waals surface area contributed by atoms with Gasteiger partial charge in [0, 0.05) is 26.2 Å². The number of aromatic nitrogens is 1. The fourth-order valence-electron chi connectivity index (χ4n) is 0.850. The first kappa shape index (κ1) is 8.71. The molecule has 0 unspecified atom stereocenters. The maximum Gasteiger partial charge on any atom is 0.185 e. The minimum Gasteiger partial charge on any atom is -0.303 e. The average molecular weight is 164 g/mol. The molecule has 64 valence electrons. The van der Waals surface area contributed by atoms with E-state index < -0.39 is 0 Å². The number of rotatable bonds is 3. The molecular weight excluding hydrogens is 150 g/mol. The Morgan fingerprint density at radius 1 is 1.25 bits per heavy atom. The molecule has 0 bridgehead atoms. The van der Waals surface area contributed by atoms with Crippen LogP contribution in [0.5, 0.6) is 0 Å². The van der Waals surface area contributed by atoms with E-state index in [2.05, 4.69) is 9.67 Å². The maximum absolute atomic E-state index is 4.11. The molecule has 1 aromatic heterocycles. The molecule has 0 radical (unpaired) electrons. The summed E-state index contributed by atoms with van der Waals surface area (Å²) in [6.07, 6.45) is 5.91. The maximum atomic E-state index is 4.11. The summed E-state index contributed by atoms with van der Waals surface area (Å²) in [6.45, 7) is 0.818. The SMILES string of the molecule is CN(C)/N=C/C[n+]1ccccc1. The van der Waals surface area contributed by atoms with Crippen molar-refractivity contribution in [3.05, 3.63) is 30.6 Å². The van der Waals surface area contributed by atoms with Gasteiger partial charge in [0.15, 0.2) is 18.9 Å². The topological polar surface area (TPSA) is 19.5 Å². The van der Waals surface area contributed by atoms with Crippen molar-refractivity contribution in [2.45, 2.75) is 6.54 Å². The molecule has 0 aromatic carbocycles. The van der Waals surface area contributed by atoms with Crippen molar-refractivity contribution in [3.8, 4) is 0 Å². The van der Waals surface area contributed by atoms with E-state index in [1.54, 1.807) is 5.01 Å². The van der Waals surface area contributed by atoms with E-state index in [0.29, 0.717) is 0 Å². The largest absolute Gasteiger partial charge is 0.303 e. The lowest BCUT2D eigenvalue weighted by molar-refractivity contribution is -0.681. The van der Waals surface area contributed by atoms with Crippen LogP contribution in [-0.2, 0) is 6.54 Å². The number of hydrogen-bond donors (Lipinski definition) is 0. The first-order valence-corrected chi connectivity index (χ1v) is 3.93. The molecule has 0 saturated carbocycles. The van der Waals surface area contributed by atoms with Crippen molar-refractivity contribution in [3.63, 3.8) is 0 Å². The molecule has 12 heavy (non-hydrogen) atoms. The highest BCUT2D eigenvalue weighted by Gasteiger charge is 1.91. The van der Waals surface area contributed by atoms with Crippen LogP contribution < -0.4 is 4.57 Å². The summed E-state index contributed by atoms with van der Waals surface area (Å²) in [4.78, 5) is 0. The highest BCUT2D eigenvalue weighted by Crippen LogP contribution is 1.76. The first-order chi connectivity index (χ1) is 5.79. The summed E-state index contributed by atoms with van der Waals surface area (Å²) in [5, 5.41) is 5.89. The first-order valence-electron chi connectivity index (χ1n) is 3.93. The van der Waals surface area contributed by atoms with Gasteiger partial charge in [-0.05, 0) is 0 Å². The second-order valence-corrected chi connectivity index (χ2v) is 2.72. The van der Waals surface area contributed by atoms with Crippen LogP contribution in [0.4, 0.5) is 0 Å². The molecule has 3 heteroatoms. The number of hydrazone groups is 1. The average Bonchev–Trinajstić information content (AvgIpc) is 2.05. The Morgan fingerprint density at radius 2 is 1.92 bits per heavy atom. The van der Waals surface area contributed by atoms with Gasteiger partial charge in [0.1, 0.15) is 0 Å².